The fourth-order valence-corrected chi connectivity index (χ4v) is 3.24. The van der Waals surface area contributed by atoms with Crippen molar-refractivity contribution in [2.75, 3.05) is 20.1 Å². The molecule has 0 aliphatic carbocycles. The lowest BCUT2D eigenvalue weighted by molar-refractivity contribution is 0.0902. The summed E-state index contributed by atoms with van der Waals surface area (Å²) in [5.41, 5.74) is 1.28. The summed E-state index contributed by atoms with van der Waals surface area (Å²) < 4.78 is 0. The first kappa shape index (κ1) is 15.0. The van der Waals surface area contributed by atoms with Crippen LogP contribution in [0.2, 0.25) is 0 Å². The Morgan fingerprint density at radius 2 is 2.15 bits per heavy atom. The Balaban J connectivity index is 2.15. The molecule has 1 N–H and O–H groups in total. The molecule has 1 aliphatic heterocycles. The number of hydrogen-bond donors (Lipinski definition) is 1. The summed E-state index contributed by atoms with van der Waals surface area (Å²) in [4.78, 5) is 2.57. The molecule has 2 rings (SSSR count). The Morgan fingerprint density at radius 1 is 1.35 bits per heavy atom. The Morgan fingerprint density at radius 3 is 2.85 bits per heavy atom. The molecule has 1 heterocycles. The molecule has 3 heteroatoms. The number of nitrogens with one attached hydrogen (secondary N) is 1. The second-order valence-corrected chi connectivity index (χ2v) is 5.57. The SMILES string of the molecule is CNCCC1CCCCN1C(CC#N)c1ccccc1. The minimum absolute atomic E-state index is 0.253. The number of nitriles is 1. The fraction of sp³-hybridized carbons (Fsp3) is 0.588. The lowest BCUT2D eigenvalue weighted by atomic mass is 9.93. The van der Waals surface area contributed by atoms with Gasteiger partial charge in [-0.15, -0.1) is 0 Å². The molecule has 1 saturated heterocycles. The van der Waals surface area contributed by atoms with Crippen LogP contribution in [0, 0.1) is 11.3 Å². The summed E-state index contributed by atoms with van der Waals surface area (Å²) in [5, 5.41) is 12.5. The molecule has 1 aromatic carbocycles. The summed E-state index contributed by atoms with van der Waals surface area (Å²) >= 11 is 0. The fourth-order valence-electron chi connectivity index (χ4n) is 3.24. The van der Waals surface area contributed by atoms with Crippen LogP contribution in [-0.2, 0) is 0 Å². The average molecular weight is 271 g/mol. The lowest BCUT2D eigenvalue weighted by Gasteiger charge is -2.41. The molecule has 1 fully saturated rings. The van der Waals surface area contributed by atoms with Crippen LogP contribution < -0.4 is 5.32 Å². The normalized spacial score (nSPS) is 21.3. The minimum Gasteiger partial charge on any atom is -0.320 e. The quantitative estimate of drug-likeness (QED) is 0.864. The van der Waals surface area contributed by atoms with Gasteiger partial charge in [0.15, 0.2) is 0 Å². The van der Waals surface area contributed by atoms with Crippen LogP contribution in [0.1, 0.15) is 43.7 Å². The summed E-state index contributed by atoms with van der Waals surface area (Å²) in [6.07, 6.45) is 5.59. The van der Waals surface area contributed by atoms with E-state index < -0.39 is 0 Å². The first-order chi connectivity index (χ1) is 9.86. The summed E-state index contributed by atoms with van der Waals surface area (Å²) in [6.45, 7) is 2.17. The third-order valence-electron chi connectivity index (χ3n) is 4.27. The maximum Gasteiger partial charge on any atom is 0.0641 e. The molecule has 0 amide bonds. The van der Waals surface area contributed by atoms with Crippen molar-refractivity contribution in [1.29, 1.82) is 5.26 Å². The maximum absolute atomic E-state index is 9.20. The Kier molecular flexibility index (Phi) is 6.04. The first-order valence-corrected chi connectivity index (χ1v) is 7.69. The number of hydrogen-bond acceptors (Lipinski definition) is 3. The number of nitrogens with zero attached hydrogens (tertiary/aromatic N) is 2. The number of piperidine rings is 1. The molecule has 1 aromatic rings. The molecule has 2 unspecified atom stereocenters. The van der Waals surface area contributed by atoms with Crippen LogP contribution in [0.15, 0.2) is 30.3 Å². The number of likely N-dealkylation sites (tertiary alicyclic amines) is 1. The van der Waals surface area contributed by atoms with E-state index in [4.69, 9.17) is 0 Å². The van der Waals surface area contributed by atoms with E-state index in [1.807, 2.05) is 13.1 Å². The highest BCUT2D eigenvalue weighted by Crippen LogP contribution is 2.31. The van der Waals surface area contributed by atoms with Crippen LogP contribution in [-0.4, -0.2) is 31.1 Å². The molecule has 0 aromatic heterocycles. The van der Waals surface area contributed by atoms with Crippen molar-refractivity contribution in [2.24, 2.45) is 0 Å². The zero-order valence-electron chi connectivity index (χ0n) is 12.4. The smallest absolute Gasteiger partial charge is 0.0641 e. The van der Waals surface area contributed by atoms with E-state index in [0.717, 1.165) is 13.1 Å². The number of rotatable bonds is 6. The van der Waals surface area contributed by atoms with E-state index in [9.17, 15) is 5.26 Å². The van der Waals surface area contributed by atoms with Gasteiger partial charge in [-0.3, -0.25) is 4.90 Å². The first-order valence-electron chi connectivity index (χ1n) is 7.69. The second-order valence-electron chi connectivity index (χ2n) is 5.57. The molecule has 0 radical (unpaired) electrons. The maximum atomic E-state index is 9.20. The van der Waals surface area contributed by atoms with Gasteiger partial charge in [-0.25, -0.2) is 0 Å². The van der Waals surface area contributed by atoms with E-state index in [0.29, 0.717) is 12.5 Å². The lowest BCUT2D eigenvalue weighted by Crippen LogP contribution is -2.43. The zero-order valence-corrected chi connectivity index (χ0v) is 12.4. The van der Waals surface area contributed by atoms with Gasteiger partial charge in [0.25, 0.3) is 0 Å². The van der Waals surface area contributed by atoms with Crippen molar-refractivity contribution >= 4 is 0 Å². The Labute approximate surface area is 122 Å². The van der Waals surface area contributed by atoms with Crippen LogP contribution in [0.3, 0.4) is 0 Å². The predicted octanol–water partition coefficient (Wildman–Crippen LogP) is 3.11. The highest BCUT2D eigenvalue weighted by Gasteiger charge is 2.29. The molecule has 1 aliphatic rings. The second kappa shape index (κ2) is 8.04. The molecule has 20 heavy (non-hydrogen) atoms. The highest BCUT2D eigenvalue weighted by molar-refractivity contribution is 5.20. The van der Waals surface area contributed by atoms with E-state index in [2.05, 4.69) is 40.6 Å². The van der Waals surface area contributed by atoms with Crippen molar-refractivity contribution in [1.82, 2.24) is 10.2 Å². The van der Waals surface area contributed by atoms with Crippen molar-refractivity contribution in [3.05, 3.63) is 35.9 Å². The van der Waals surface area contributed by atoms with Crippen molar-refractivity contribution < 1.29 is 0 Å². The van der Waals surface area contributed by atoms with Crippen LogP contribution >= 0.6 is 0 Å². The summed E-state index contributed by atoms with van der Waals surface area (Å²) in [6, 6.07) is 13.8. The average Bonchev–Trinajstić information content (AvgIpc) is 2.52. The third kappa shape index (κ3) is 3.82. The predicted molar refractivity (Wildman–Crippen MR) is 82.3 cm³/mol. The van der Waals surface area contributed by atoms with Gasteiger partial charge in [0, 0.05) is 12.1 Å². The molecule has 0 saturated carbocycles. The van der Waals surface area contributed by atoms with Gasteiger partial charge in [-0.1, -0.05) is 36.8 Å². The van der Waals surface area contributed by atoms with Gasteiger partial charge in [0.2, 0.25) is 0 Å². The van der Waals surface area contributed by atoms with Gasteiger partial charge >= 0.3 is 0 Å². The van der Waals surface area contributed by atoms with Crippen LogP contribution in [0.4, 0.5) is 0 Å². The van der Waals surface area contributed by atoms with Gasteiger partial charge in [0.1, 0.15) is 0 Å². The van der Waals surface area contributed by atoms with Crippen molar-refractivity contribution in [2.45, 2.75) is 44.2 Å². The summed E-state index contributed by atoms with van der Waals surface area (Å²) in [5.74, 6) is 0. The van der Waals surface area contributed by atoms with Crippen molar-refractivity contribution in [3.8, 4) is 6.07 Å². The topological polar surface area (TPSA) is 39.1 Å². The van der Waals surface area contributed by atoms with Crippen LogP contribution in [0.25, 0.3) is 0 Å². The van der Waals surface area contributed by atoms with E-state index >= 15 is 0 Å². The van der Waals surface area contributed by atoms with Gasteiger partial charge in [-0.05, 0) is 45.0 Å². The molecular weight excluding hydrogens is 246 g/mol. The van der Waals surface area contributed by atoms with E-state index in [-0.39, 0.29) is 6.04 Å². The highest BCUT2D eigenvalue weighted by atomic mass is 15.2. The Bertz CT molecular complexity index is 424. The third-order valence-corrected chi connectivity index (χ3v) is 4.27. The molecule has 3 nitrogen and oxygen atoms in total. The van der Waals surface area contributed by atoms with Crippen LogP contribution in [0.5, 0.6) is 0 Å². The van der Waals surface area contributed by atoms with Gasteiger partial charge < -0.3 is 5.32 Å². The largest absolute Gasteiger partial charge is 0.320 e. The molecule has 0 spiro atoms. The zero-order chi connectivity index (χ0) is 14.2. The number of benzene rings is 1. The standard InChI is InChI=1S/C17H25N3/c1-19-13-11-16-9-5-6-14-20(16)17(10-12-18)15-7-3-2-4-8-15/h2-4,7-8,16-17,19H,5-6,9-11,13-14H2,1H3. The summed E-state index contributed by atoms with van der Waals surface area (Å²) in [7, 11) is 2.01. The van der Waals surface area contributed by atoms with E-state index in [1.165, 1.54) is 31.2 Å². The minimum atomic E-state index is 0.253. The van der Waals surface area contributed by atoms with Gasteiger partial charge in [-0.2, -0.15) is 5.26 Å². The molecule has 0 bridgehead atoms. The molecule has 108 valence electrons. The Hall–Kier alpha value is -1.37. The van der Waals surface area contributed by atoms with Crippen molar-refractivity contribution in [3.63, 3.8) is 0 Å². The van der Waals surface area contributed by atoms with Gasteiger partial charge in [0.05, 0.1) is 12.5 Å². The molecule has 2 atom stereocenters. The monoisotopic (exact) mass is 271 g/mol. The molecular formula is C17H25N3. The van der Waals surface area contributed by atoms with E-state index in [1.54, 1.807) is 0 Å².